The summed E-state index contributed by atoms with van der Waals surface area (Å²) in [6, 6.07) is 17.2. The zero-order valence-electron chi connectivity index (χ0n) is 19.8. The Balaban J connectivity index is 1.27. The maximum atomic E-state index is 3.66. The number of rotatable bonds is 7. The monoisotopic (exact) mass is 461 g/mol. The summed E-state index contributed by atoms with van der Waals surface area (Å²) in [7, 11) is 4.12. The van der Waals surface area contributed by atoms with Crippen molar-refractivity contribution >= 4 is 34.5 Å². The molecule has 33 heavy (non-hydrogen) atoms. The number of para-hydroxylation sites is 2. The van der Waals surface area contributed by atoms with Crippen molar-refractivity contribution < 1.29 is 0 Å². The van der Waals surface area contributed by atoms with E-state index in [9.17, 15) is 0 Å². The average Bonchev–Trinajstić information content (AvgIpc) is 3.45. The molecule has 5 rings (SSSR count). The van der Waals surface area contributed by atoms with Gasteiger partial charge in [0, 0.05) is 19.0 Å². The number of hydrogen-bond donors (Lipinski definition) is 4. The number of fused-ring (bicyclic) bond motifs is 1. The number of nitrogens with one attached hydrogen (secondary N) is 4. The molecular weight excluding hydrogens is 426 g/mol. The van der Waals surface area contributed by atoms with Gasteiger partial charge in [-0.3, -0.25) is 5.43 Å². The normalized spacial score (nSPS) is 24.8. The van der Waals surface area contributed by atoms with Crippen LogP contribution in [-0.2, 0) is 0 Å². The highest BCUT2D eigenvalue weighted by Gasteiger charge is 2.40. The van der Waals surface area contributed by atoms with E-state index >= 15 is 0 Å². The first-order valence-corrected chi connectivity index (χ1v) is 13.1. The first kappa shape index (κ1) is 22.2. The molecule has 174 valence electrons. The molecule has 3 aliphatic rings. The Hall–Kier alpha value is -2.57. The molecule has 1 saturated carbocycles. The molecule has 0 saturated heterocycles. The van der Waals surface area contributed by atoms with Gasteiger partial charge in [-0.2, -0.15) is 0 Å². The third-order valence-electron chi connectivity index (χ3n) is 7.41. The first-order valence-electron chi connectivity index (χ1n) is 12.2. The van der Waals surface area contributed by atoms with Gasteiger partial charge in [-0.1, -0.05) is 49.4 Å². The Bertz CT molecular complexity index is 1040. The fourth-order valence-electron chi connectivity index (χ4n) is 5.40. The third-order valence-corrected chi connectivity index (χ3v) is 8.49. The van der Waals surface area contributed by atoms with Crippen molar-refractivity contribution in [1.82, 2.24) is 10.4 Å². The highest BCUT2D eigenvalue weighted by Crippen LogP contribution is 2.49. The summed E-state index contributed by atoms with van der Waals surface area (Å²) >= 11 is 1.92. The molecule has 1 atom stereocenters. The fraction of sp³-hybridized carbons (Fsp3) is 0.407. The van der Waals surface area contributed by atoms with Crippen LogP contribution in [0, 0.1) is 11.8 Å². The molecule has 2 heterocycles. The summed E-state index contributed by atoms with van der Waals surface area (Å²) in [5, 5.41) is 7.97. The van der Waals surface area contributed by atoms with Crippen LogP contribution in [0.5, 0.6) is 0 Å². The van der Waals surface area contributed by atoms with E-state index < -0.39 is 0 Å². The zero-order valence-corrected chi connectivity index (χ0v) is 20.6. The molecule has 1 fully saturated rings. The van der Waals surface area contributed by atoms with Crippen LogP contribution in [0.1, 0.15) is 44.6 Å². The number of hydrogen-bond acceptors (Lipinski definition) is 6. The minimum absolute atomic E-state index is 0.394. The Morgan fingerprint density at radius 3 is 2.39 bits per heavy atom. The number of nitrogens with zero attached hydrogens (tertiary/aromatic N) is 1. The summed E-state index contributed by atoms with van der Waals surface area (Å²) in [6.07, 6.45) is 6.81. The van der Waals surface area contributed by atoms with Gasteiger partial charge < -0.3 is 16.2 Å². The predicted molar refractivity (Wildman–Crippen MR) is 143 cm³/mol. The number of benzene rings is 2. The highest BCUT2D eigenvalue weighted by molar-refractivity contribution is 8.06. The van der Waals surface area contributed by atoms with Gasteiger partial charge in [0.05, 0.1) is 28.8 Å². The van der Waals surface area contributed by atoms with E-state index in [1.807, 2.05) is 30.9 Å². The van der Waals surface area contributed by atoms with Gasteiger partial charge in [-0.15, -0.1) is 0 Å². The van der Waals surface area contributed by atoms with Crippen molar-refractivity contribution in [3.63, 3.8) is 0 Å². The maximum Gasteiger partial charge on any atom is 0.0841 e. The summed E-state index contributed by atoms with van der Waals surface area (Å²) in [4.78, 5) is 1.45. The minimum atomic E-state index is 0.394. The van der Waals surface area contributed by atoms with Gasteiger partial charge in [0.15, 0.2) is 0 Å². The maximum absolute atomic E-state index is 3.66. The lowest BCUT2D eigenvalue weighted by atomic mass is 9.76. The van der Waals surface area contributed by atoms with E-state index in [1.54, 1.807) is 5.57 Å². The molecule has 1 unspecified atom stereocenters. The van der Waals surface area contributed by atoms with Gasteiger partial charge in [0.25, 0.3) is 0 Å². The Morgan fingerprint density at radius 2 is 1.70 bits per heavy atom. The molecule has 4 N–H and O–H groups in total. The van der Waals surface area contributed by atoms with E-state index in [0.29, 0.717) is 6.04 Å². The van der Waals surface area contributed by atoms with Crippen molar-refractivity contribution in [2.24, 2.45) is 11.8 Å². The van der Waals surface area contributed by atoms with Crippen LogP contribution in [0.4, 0.5) is 17.1 Å². The van der Waals surface area contributed by atoms with E-state index in [4.69, 9.17) is 0 Å². The van der Waals surface area contributed by atoms with Crippen molar-refractivity contribution in [3.8, 4) is 0 Å². The molecule has 6 heteroatoms. The number of likely N-dealkylation sites (N-methyl/N-ethyl adjacent to an activating group) is 1. The second-order valence-electron chi connectivity index (χ2n) is 9.35. The van der Waals surface area contributed by atoms with Gasteiger partial charge in [0.2, 0.25) is 0 Å². The molecule has 0 spiro atoms. The lowest BCUT2D eigenvalue weighted by Crippen LogP contribution is -2.37. The molecule has 5 nitrogen and oxygen atoms in total. The second-order valence-corrected chi connectivity index (χ2v) is 10.3. The van der Waals surface area contributed by atoms with Crippen LogP contribution in [0.25, 0.3) is 5.70 Å². The molecular formula is C27H35N5S. The minimum Gasteiger partial charge on any atom is -0.386 e. The summed E-state index contributed by atoms with van der Waals surface area (Å²) < 4.78 is 0. The summed E-state index contributed by atoms with van der Waals surface area (Å²) in [5.41, 5.74) is 17.5. The lowest BCUT2D eigenvalue weighted by molar-refractivity contribution is 0.240. The molecule has 0 aromatic heterocycles. The first-order chi connectivity index (χ1) is 16.2. The van der Waals surface area contributed by atoms with Crippen molar-refractivity contribution in [2.75, 3.05) is 30.3 Å². The summed E-state index contributed by atoms with van der Waals surface area (Å²) in [6.45, 7) is 2.34. The Labute approximate surface area is 202 Å². The summed E-state index contributed by atoms with van der Waals surface area (Å²) in [5.74, 6) is 1.68. The van der Waals surface area contributed by atoms with E-state index in [2.05, 4.69) is 82.4 Å². The SMILES string of the molecule is CCC1CCC(C2=CSC3=C(c4ccc(NNc5ccccc5NC)cc4)NN(C)C23)CC1. The number of hydrazine groups is 2. The quantitative estimate of drug-likeness (QED) is 0.353. The van der Waals surface area contributed by atoms with Crippen LogP contribution in [0.3, 0.4) is 0 Å². The smallest absolute Gasteiger partial charge is 0.0841 e. The van der Waals surface area contributed by atoms with Crippen LogP contribution < -0.4 is 21.6 Å². The molecule has 0 radical (unpaired) electrons. The van der Waals surface area contributed by atoms with Gasteiger partial charge in [-0.05, 0) is 78.3 Å². The molecule has 2 aromatic carbocycles. The number of anilines is 3. The van der Waals surface area contributed by atoms with Crippen LogP contribution >= 0.6 is 11.8 Å². The fourth-order valence-corrected chi connectivity index (χ4v) is 6.69. The number of thioether (sulfide) groups is 1. The van der Waals surface area contributed by atoms with Crippen LogP contribution in [-0.4, -0.2) is 25.1 Å². The Kier molecular flexibility index (Phi) is 6.56. The second kappa shape index (κ2) is 9.74. The van der Waals surface area contributed by atoms with Crippen molar-refractivity contribution in [3.05, 3.63) is 70.0 Å². The standard InChI is InChI=1S/C27H35N5S/c1-4-18-9-11-19(12-10-18)22-17-33-27-25(31-32(3)26(22)27)20-13-15-21(16-14-20)29-30-24-8-6-5-7-23(24)28-2/h5-8,13-19,26,28-31H,4,9-12H2,1-3H3. The Morgan fingerprint density at radius 1 is 0.970 bits per heavy atom. The zero-order chi connectivity index (χ0) is 22.8. The van der Waals surface area contributed by atoms with E-state index in [0.717, 1.165) is 28.9 Å². The molecule has 2 aromatic rings. The van der Waals surface area contributed by atoms with Gasteiger partial charge in [0.1, 0.15) is 0 Å². The third kappa shape index (κ3) is 4.46. The van der Waals surface area contributed by atoms with Crippen molar-refractivity contribution in [1.29, 1.82) is 0 Å². The van der Waals surface area contributed by atoms with Crippen LogP contribution in [0.15, 0.2) is 64.4 Å². The highest BCUT2D eigenvalue weighted by atomic mass is 32.2. The lowest BCUT2D eigenvalue weighted by Gasteiger charge is -2.32. The van der Waals surface area contributed by atoms with Gasteiger partial charge in [-0.25, -0.2) is 5.01 Å². The molecule has 0 bridgehead atoms. The molecule has 2 aliphatic heterocycles. The van der Waals surface area contributed by atoms with Crippen LogP contribution in [0.2, 0.25) is 0 Å². The van der Waals surface area contributed by atoms with E-state index in [1.165, 1.54) is 48.3 Å². The molecule has 0 amide bonds. The average molecular weight is 462 g/mol. The topological polar surface area (TPSA) is 51.4 Å². The van der Waals surface area contributed by atoms with E-state index in [-0.39, 0.29) is 0 Å². The van der Waals surface area contributed by atoms with Crippen molar-refractivity contribution in [2.45, 2.75) is 45.1 Å². The molecule has 1 aliphatic carbocycles. The largest absolute Gasteiger partial charge is 0.386 e. The predicted octanol–water partition coefficient (Wildman–Crippen LogP) is 6.50. The van der Waals surface area contributed by atoms with Gasteiger partial charge >= 0.3 is 0 Å².